The first-order valence-corrected chi connectivity index (χ1v) is 11.0. The Bertz CT molecular complexity index is 1270. The molecular formula is C24H22N4O2S. The van der Waals surface area contributed by atoms with Gasteiger partial charge in [0.05, 0.1) is 16.7 Å². The molecule has 2 aromatic heterocycles. The van der Waals surface area contributed by atoms with Crippen LogP contribution in [-0.4, -0.2) is 32.7 Å². The first kappa shape index (κ1) is 20.8. The molecule has 31 heavy (non-hydrogen) atoms. The number of rotatable bonds is 6. The lowest BCUT2D eigenvalue weighted by atomic mass is 10.2. The van der Waals surface area contributed by atoms with Crippen molar-refractivity contribution in [2.75, 3.05) is 17.2 Å². The number of pyridine rings is 1. The van der Waals surface area contributed by atoms with E-state index in [-0.39, 0.29) is 17.2 Å². The summed E-state index contributed by atoms with van der Waals surface area (Å²) in [6.07, 6.45) is 1.71. The van der Waals surface area contributed by atoms with Crippen molar-refractivity contribution in [3.8, 4) is 5.82 Å². The largest absolute Gasteiger partial charge is 0.312 e. The number of thioether (sulfide) groups is 1. The number of aryl methyl sites for hydroxylation is 1. The van der Waals surface area contributed by atoms with Gasteiger partial charge in [-0.1, -0.05) is 48.2 Å². The van der Waals surface area contributed by atoms with Crippen LogP contribution in [0, 0.1) is 6.92 Å². The maximum Gasteiger partial charge on any atom is 0.267 e. The minimum Gasteiger partial charge on any atom is -0.312 e. The number of anilines is 1. The highest BCUT2D eigenvalue weighted by atomic mass is 32.2. The summed E-state index contributed by atoms with van der Waals surface area (Å²) in [5, 5.41) is 0.956. The fraction of sp³-hybridized carbons (Fsp3) is 0.167. The van der Waals surface area contributed by atoms with Gasteiger partial charge in [0.1, 0.15) is 5.82 Å². The van der Waals surface area contributed by atoms with Crippen molar-refractivity contribution in [3.05, 3.63) is 88.8 Å². The molecule has 0 N–H and O–H groups in total. The van der Waals surface area contributed by atoms with Gasteiger partial charge in [0.15, 0.2) is 5.16 Å². The molecule has 0 aliphatic rings. The van der Waals surface area contributed by atoms with Gasteiger partial charge in [-0.2, -0.15) is 0 Å². The Morgan fingerprint density at radius 3 is 2.48 bits per heavy atom. The van der Waals surface area contributed by atoms with Crippen LogP contribution in [0.1, 0.15) is 12.5 Å². The first-order valence-electron chi connectivity index (χ1n) is 10.0. The van der Waals surface area contributed by atoms with Crippen LogP contribution in [0.4, 0.5) is 5.69 Å². The number of carbonyl (C=O) groups is 1. The first-order chi connectivity index (χ1) is 15.1. The molecular weight excluding hydrogens is 408 g/mol. The Kier molecular flexibility index (Phi) is 6.13. The molecule has 4 rings (SSSR count). The van der Waals surface area contributed by atoms with Gasteiger partial charge in [-0.25, -0.2) is 14.5 Å². The molecule has 0 atom stereocenters. The summed E-state index contributed by atoms with van der Waals surface area (Å²) in [4.78, 5) is 37.0. The number of hydrogen-bond acceptors (Lipinski definition) is 5. The lowest BCUT2D eigenvalue weighted by molar-refractivity contribution is -0.116. The summed E-state index contributed by atoms with van der Waals surface area (Å²) in [6.45, 7) is 4.44. The van der Waals surface area contributed by atoms with E-state index in [1.165, 1.54) is 16.3 Å². The average molecular weight is 431 g/mol. The second kappa shape index (κ2) is 9.14. The number of nitrogens with zero attached hydrogens (tertiary/aromatic N) is 4. The van der Waals surface area contributed by atoms with Crippen LogP contribution in [0.15, 0.2) is 82.9 Å². The Morgan fingerprint density at radius 1 is 1.03 bits per heavy atom. The number of benzene rings is 2. The van der Waals surface area contributed by atoms with Crippen LogP contribution in [0.2, 0.25) is 0 Å². The molecule has 0 aliphatic heterocycles. The Labute approximate surface area is 184 Å². The van der Waals surface area contributed by atoms with Gasteiger partial charge < -0.3 is 4.90 Å². The summed E-state index contributed by atoms with van der Waals surface area (Å²) in [5.74, 6) is 0.586. The summed E-state index contributed by atoms with van der Waals surface area (Å²) in [7, 11) is 0. The second-order valence-electron chi connectivity index (χ2n) is 7.01. The number of fused-ring (bicyclic) bond motifs is 1. The van der Waals surface area contributed by atoms with Crippen molar-refractivity contribution in [2.24, 2.45) is 0 Å². The van der Waals surface area contributed by atoms with E-state index in [0.29, 0.717) is 28.4 Å². The average Bonchev–Trinajstić information content (AvgIpc) is 2.80. The summed E-state index contributed by atoms with van der Waals surface area (Å²) < 4.78 is 1.48. The van der Waals surface area contributed by atoms with Crippen molar-refractivity contribution in [1.82, 2.24) is 14.5 Å². The quantitative estimate of drug-likeness (QED) is 0.338. The molecule has 0 unspecified atom stereocenters. The van der Waals surface area contributed by atoms with Crippen molar-refractivity contribution in [3.63, 3.8) is 0 Å². The monoisotopic (exact) mass is 430 g/mol. The molecule has 156 valence electrons. The molecule has 0 fully saturated rings. The lowest BCUT2D eigenvalue weighted by Crippen LogP contribution is -2.32. The number of carbonyl (C=O) groups excluding carboxylic acids is 1. The fourth-order valence-corrected chi connectivity index (χ4v) is 4.20. The highest BCUT2D eigenvalue weighted by molar-refractivity contribution is 7.99. The van der Waals surface area contributed by atoms with Crippen LogP contribution < -0.4 is 10.5 Å². The van der Waals surface area contributed by atoms with Gasteiger partial charge in [-0.3, -0.25) is 9.59 Å². The van der Waals surface area contributed by atoms with Crippen LogP contribution in [0.25, 0.3) is 16.7 Å². The van der Waals surface area contributed by atoms with Crippen LogP contribution >= 0.6 is 11.8 Å². The lowest BCUT2D eigenvalue weighted by Gasteiger charge is -2.21. The predicted molar refractivity (Wildman–Crippen MR) is 125 cm³/mol. The van der Waals surface area contributed by atoms with Crippen molar-refractivity contribution < 1.29 is 4.79 Å². The van der Waals surface area contributed by atoms with Gasteiger partial charge in [-0.05, 0) is 49.7 Å². The third kappa shape index (κ3) is 4.36. The Morgan fingerprint density at radius 2 is 1.77 bits per heavy atom. The molecule has 6 nitrogen and oxygen atoms in total. The molecule has 0 spiro atoms. The van der Waals surface area contributed by atoms with Crippen LogP contribution in [0.5, 0.6) is 0 Å². The van der Waals surface area contributed by atoms with Crippen molar-refractivity contribution in [2.45, 2.75) is 19.0 Å². The minimum atomic E-state index is -0.202. The molecule has 4 aromatic rings. The van der Waals surface area contributed by atoms with Crippen molar-refractivity contribution in [1.29, 1.82) is 0 Å². The number of hydrogen-bond donors (Lipinski definition) is 0. The molecule has 0 saturated carbocycles. The molecule has 1 amide bonds. The maximum atomic E-state index is 13.3. The summed E-state index contributed by atoms with van der Waals surface area (Å²) in [6, 6.07) is 20.5. The molecule has 2 heterocycles. The van der Waals surface area contributed by atoms with E-state index >= 15 is 0 Å². The topological polar surface area (TPSA) is 68.1 Å². The SMILES string of the molecule is CCN(C(=O)CSc1nc2ccccc2c(=O)n1-c1ccc(C)cn1)c1ccccc1. The number of amides is 1. The normalized spacial score (nSPS) is 10.9. The molecule has 0 aliphatic carbocycles. The van der Waals surface area contributed by atoms with Crippen molar-refractivity contribution >= 4 is 34.3 Å². The number of para-hydroxylation sites is 2. The minimum absolute atomic E-state index is 0.0514. The van der Waals surface area contributed by atoms with Gasteiger partial charge in [0.25, 0.3) is 5.56 Å². The molecule has 0 radical (unpaired) electrons. The third-order valence-electron chi connectivity index (χ3n) is 4.88. The molecule has 0 saturated heterocycles. The highest BCUT2D eigenvalue weighted by Crippen LogP contribution is 2.22. The van der Waals surface area contributed by atoms with E-state index in [1.54, 1.807) is 29.3 Å². The zero-order chi connectivity index (χ0) is 21.8. The Balaban J connectivity index is 1.71. The van der Waals surface area contributed by atoms with Gasteiger partial charge >= 0.3 is 0 Å². The molecule has 0 bridgehead atoms. The zero-order valence-electron chi connectivity index (χ0n) is 17.4. The smallest absolute Gasteiger partial charge is 0.267 e. The molecule has 7 heteroatoms. The summed E-state index contributed by atoms with van der Waals surface area (Å²) >= 11 is 1.24. The predicted octanol–water partition coefficient (Wildman–Crippen LogP) is 4.23. The van der Waals surface area contributed by atoms with E-state index in [2.05, 4.69) is 9.97 Å². The standard InChI is InChI=1S/C24H22N4O2S/c1-3-27(18-9-5-4-6-10-18)22(29)16-31-24-26-20-12-8-7-11-19(20)23(30)28(24)21-14-13-17(2)15-25-21/h4-15H,3,16H2,1-2H3. The van der Waals surface area contributed by atoms with E-state index in [4.69, 9.17) is 0 Å². The second-order valence-corrected chi connectivity index (χ2v) is 7.95. The molecule has 2 aromatic carbocycles. The van der Waals surface area contributed by atoms with Crippen LogP contribution in [-0.2, 0) is 4.79 Å². The van der Waals surface area contributed by atoms with Gasteiger partial charge in [0.2, 0.25) is 5.91 Å². The fourth-order valence-electron chi connectivity index (χ4n) is 3.32. The summed E-state index contributed by atoms with van der Waals surface area (Å²) in [5.41, 5.74) is 2.24. The van der Waals surface area contributed by atoms with Crippen LogP contribution in [0.3, 0.4) is 0 Å². The van der Waals surface area contributed by atoms with Gasteiger partial charge in [-0.15, -0.1) is 0 Å². The van der Waals surface area contributed by atoms with E-state index in [9.17, 15) is 9.59 Å². The van der Waals surface area contributed by atoms with Gasteiger partial charge in [0, 0.05) is 18.4 Å². The van der Waals surface area contributed by atoms with E-state index in [0.717, 1.165) is 11.3 Å². The van der Waals surface area contributed by atoms with E-state index in [1.807, 2.05) is 62.4 Å². The maximum absolute atomic E-state index is 13.3. The third-order valence-corrected chi connectivity index (χ3v) is 5.80. The highest BCUT2D eigenvalue weighted by Gasteiger charge is 2.18. The Hall–Kier alpha value is -3.45. The number of aromatic nitrogens is 3. The van der Waals surface area contributed by atoms with E-state index < -0.39 is 0 Å². The zero-order valence-corrected chi connectivity index (χ0v) is 18.2.